The highest BCUT2D eigenvalue weighted by Crippen LogP contribution is 2.23. The maximum Gasteiger partial charge on any atom is 0.0672 e. The smallest absolute Gasteiger partial charge is 0.0672 e. The Kier molecular flexibility index (Phi) is 4.77. The summed E-state index contributed by atoms with van der Waals surface area (Å²) in [5.41, 5.74) is 0. The minimum absolute atomic E-state index is 0.174. The van der Waals surface area contributed by atoms with Crippen molar-refractivity contribution in [3.8, 4) is 6.07 Å². The van der Waals surface area contributed by atoms with Gasteiger partial charge in [0.15, 0.2) is 0 Å². The minimum Gasteiger partial charge on any atom is -0.308 e. The zero-order valence-electron chi connectivity index (χ0n) is 11.0. The molecule has 0 spiro atoms. The number of aromatic nitrogens is 2. The standard InChI is InChI=1S/C14H22N4/c1-12(11-18-9-5-8-16-18)17-14-7-4-2-3-6-13(14)10-15/h5,8-9,12-14,17H,2-4,6-7,11H2,1H3. The van der Waals surface area contributed by atoms with E-state index in [1.54, 1.807) is 6.20 Å². The van der Waals surface area contributed by atoms with Crippen LogP contribution in [0.1, 0.15) is 39.0 Å². The van der Waals surface area contributed by atoms with Crippen molar-refractivity contribution in [1.29, 1.82) is 5.26 Å². The Morgan fingerprint density at radius 3 is 3.00 bits per heavy atom. The molecule has 1 saturated carbocycles. The second kappa shape index (κ2) is 6.55. The van der Waals surface area contributed by atoms with Gasteiger partial charge in [-0.25, -0.2) is 0 Å². The summed E-state index contributed by atoms with van der Waals surface area (Å²) in [5.74, 6) is 0.174. The van der Waals surface area contributed by atoms with Crippen LogP contribution in [0, 0.1) is 17.2 Å². The molecule has 0 amide bonds. The van der Waals surface area contributed by atoms with E-state index in [1.807, 2.05) is 16.9 Å². The predicted molar refractivity (Wildman–Crippen MR) is 70.8 cm³/mol. The van der Waals surface area contributed by atoms with E-state index >= 15 is 0 Å². The number of nitrogens with zero attached hydrogens (tertiary/aromatic N) is 3. The van der Waals surface area contributed by atoms with Crippen LogP contribution < -0.4 is 5.32 Å². The van der Waals surface area contributed by atoms with Gasteiger partial charge in [0.05, 0.1) is 18.5 Å². The molecule has 1 N–H and O–H groups in total. The molecule has 4 heteroatoms. The van der Waals surface area contributed by atoms with Crippen LogP contribution >= 0.6 is 0 Å². The van der Waals surface area contributed by atoms with Crippen molar-refractivity contribution in [2.45, 2.75) is 57.7 Å². The maximum atomic E-state index is 9.25. The lowest BCUT2D eigenvalue weighted by Crippen LogP contribution is -2.42. The second-order valence-electron chi connectivity index (χ2n) is 5.28. The summed E-state index contributed by atoms with van der Waals surface area (Å²) in [6.07, 6.45) is 9.66. The van der Waals surface area contributed by atoms with E-state index in [0.29, 0.717) is 12.1 Å². The van der Waals surface area contributed by atoms with E-state index in [2.05, 4.69) is 23.4 Å². The van der Waals surface area contributed by atoms with Crippen molar-refractivity contribution in [3.05, 3.63) is 18.5 Å². The molecule has 2 rings (SSSR count). The number of nitriles is 1. The summed E-state index contributed by atoms with van der Waals surface area (Å²) in [6.45, 7) is 3.03. The molecular formula is C14H22N4. The number of rotatable bonds is 4. The Morgan fingerprint density at radius 1 is 1.44 bits per heavy atom. The van der Waals surface area contributed by atoms with Gasteiger partial charge >= 0.3 is 0 Å². The summed E-state index contributed by atoms with van der Waals surface area (Å²) >= 11 is 0. The van der Waals surface area contributed by atoms with Gasteiger partial charge in [0.2, 0.25) is 0 Å². The fourth-order valence-corrected chi connectivity index (χ4v) is 2.77. The van der Waals surface area contributed by atoms with Crippen molar-refractivity contribution < 1.29 is 0 Å². The third kappa shape index (κ3) is 3.58. The summed E-state index contributed by atoms with van der Waals surface area (Å²) in [6, 6.07) is 5.12. The molecule has 1 heterocycles. The molecule has 0 aliphatic heterocycles. The highest BCUT2D eigenvalue weighted by Gasteiger charge is 2.24. The molecule has 3 atom stereocenters. The molecule has 3 unspecified atom stereocenters. The van der Waals surface area contributed by atoms with Crippen molar-refractivity contribution in [2.75, 3.05) is 0 Å². The lowest BCUT2D eigenvalue weighted by Gasteiger charge is -2.25. The quantitative estimate of drug-likeness (QED) is 0.830. The van der Waals surface area contributed by atoms with Crippen molar-refractivity contribution in [2.24, 2.45) is 5.92 Å². The lowest BCUT2D eigenvalue weighted by atomic mass is 9.95. The molecular weight excluding hydrogens is 224 g/mol. The van der Waals surface area contributed by atoms with Crippen LogP contribution in [-0.2, 0) is 6.54 Å². The fraction of sp³-hybridized carbons (Fsp3) is 0.714. The molecule has 0 saturated heterocycles. The molecule has 1 aliphatic rings. The van der Waals surface area contributed by atoms with E-state index in [-0.39, 0.29) is 5.92 Å². The first-order chi connectivity index (χ1) is 8.79. The maximum absolute atomic E-state index is 9.25. The van der Waals surface area contributed by atoms with Crippen LogP contribution in [0.15, 0.2) is 18.5 Å². The summed E-state index contributed by atoms with van der Waals surface area (Å²) < 4.78 is 1.94. The topological polar surface area (TPSA) is 53.6 Å². The molecule has 1 fully saturated rings. The van der Waals surface area contributed by atoms with Gasteiger partial charge < -0.3 is 5.32 Å². The molecule has 98 valence electrons. The van der Waals surface area contributed by atoms with E-state index in [1.165, 1.54) is 19.3 Å². The first-order valence-electron chi connectivity index (χ1n) is 6.92. The van der Waals surface area contributed by atoms with E-state index < -0.39 is 0 Å². The van der Waals surface area contributed by atoms with E-state index in [0.717, 1.165) is 19.4 Å². The molecule has 1 aromatic rings. The molecule has 4 nitrogen and oxygen atoms in total. The monoisotopic (exact) mass is 246 g/mol. The lowest BCUT2D eigenvalue weighted by molar-refractivity contribution is 0.332. The summed E-state index contributed by atoms with van der Waals surface area (Å²) in [7, 11) is 0. The first-order valence-corrected chi connectivity index (χ1v) is 6.92. The van der Waals surface area contributed by atoms with Gasteiger partial charge in [-0.2, -0.15) is 10.4 Å². The Labute approximate surface area is 109 Å². The van der Waals surface area contributed by atoms with Crippen LogP contribution in [0.3, 0.4) is 0 Å². The van der Waals surface area contributed by atoms with E-state index in [4.69, 9.17) is 0 Å². The molecule has 18 heavy (non-hydrogen) atoms. The number of hydrogen-bond acceptors (Lipinski definition) is 3. The largest absolute Gasteiger partial charge is 0.308 e. The summed E-state index contributed by atoms with van der Waals surface area (Å²) in [4.78, 5) is 0. The zero-order valence-corrected chi connectivity index (χ0v) is 11.0. The molecule has 0 radical (unpaired) electrons. The average Bonchev–Trinajstić information content (AvgIpc) is 2.75. The van der Waals surface area contributed by atoms with Gasteiger partial charge in [-0.05, 0) is 25.8 Å². The Hall–Kier alpha value is -1.34. The van der Waals surface area contributed by atoms with Crippen LogP contribution in [0.5, 0.6) is 0 Å². The molecule has 1 aromatic heterocycles. The highest BCUT2D eigenvalue weighted by atomic mass is 15.3. The van der Waals surface area contributed by atoms with Gasteiger partial charge in [-0.3, -0.25) is 4.68 Å². The third-order valence-corrected chi connectivity index (χ3v) is 3.70. The van der Waals surface area contributed by atoms with E-state index in [9.17, 15) is 5.26 Å². The van der Waals surface area contributed by atoms with Crippen LogP contribution in [-0.4, -0.2) is 21.9 Å². The summed E-state index contributed by atoms with van der Waals surface area (Å²) in [5, 5.41) is 17.1. The minimum atomic E-state index is 0.174. The Morgan fingerprint density at radius 2 is 2.28 bits per heavy atom. The SMILES string of the molecule is CC(Cn1cccn1)NC1CCCCCC1C#N. The second-order valence-corrected chi connectivity index (χ2v) is 5.28. The first kappa shape index (κ1) is 13.1. The van der Waals surface area contributed by atoms with Crippen LogP contribution in [0.25, 0.3) is 0 Å². The van der Waals surface area contributed by atoms with Gasteiger partial charge in [0, 0.05) is 24.5 Å². The Balaban J connectivity index is 1.88. The van der Waals surface area contributed by atoms with Crippen LogP contribution in [0.4, 0.5) is 0 Å². The van der Waals surface area contributed by atoms with Crippen LogP contribution in [0.2, 0.25) is 0 Å². The van der Waals surface area contributed by atoms with Crippen molar-refractivity contribution in [1.82, 2.24) is 15.1 Å². The van der Waals surface area contributed by atoms with Crippen molar-refractivity contribution >= 4 is 0 Å². The Bertz CT molecular complexity index is 379. The zero-order chi connectivity index (χ0) is 12.8. The molecule has 0 bridgehead atoms. The number of hydrogen-bond donors (Lipinski definition) is 1. The average molecular weight is 246 g/mol. The van der Waals surface area contributed by atoms with Gasteiger partial charge in [0.1, 0.15) is 0 Å². The van der Waals surface area contributed by atoms with Gasteiger partial charge in [0.25, 0.3) is 0 Å². The van der Waals surface area contributed by atoms with Gasteiger partial charge in [-0.1, -0.05) is 19.3 Å². The highest BCUT2D eigenvalue weighted by molar-refractivity contribution is 4.94. The fourth-order valence-electron chi connectivity index (χ4n) is 2.77. The normalized spacial score (nSPS) is 26.2. The third-order valence-electron chi connectivity index (χ3n) is 3.70. The molecule has 0 aromatic carbocycles. The van der Waals surface area contributed by atoms with Gasteiger partial charge in [-0.15, -0.1) is 0 Å². The number of nitrogens with one attached hydrogen (secondary N) is 1. The predicted octanol–water partition coefficient (Wildman–Crippen LogP) is 2.33. The molecule has 1 aliphatic carbocycles. The van der Waals surface area contributed by atoms with Crippen molar-refractivity contribution in [3.63, 3.8) is 0 Å².